The maximum absolute atomic E-state index is 12.2. The normalized spacial score (nSPS) is 24.4. The third-order valence-corrected chi connectivity index (χ3v) is 4.08. The van der Waals surface area contributed by atoms with Crippen molar-refractivity contribution < 1.29 is 29.0 Å². The average Bonchev–Trinajstić information content (AvgIpc) is 2.46. The SMILES string of the molecule is C=C(C)C(=O)OCCCOC(=O)C1(C)CCCCC1C(=O)O. The number of rotatable bonds is 7. The molecule has 1 fully saturated rings. The minimum Gasteiger partial charge on any atom is -0.481 e. The second-order valence-electron chi connectivity index (χ2n) is 5.96. The average molecular weight is 312 g/mol. The van der Waals surface area contributed by atoms with Crippen LogP contribution in [0.5, 0.6) is 0 Å². The molecule has 1 aliphatic carbocycles. The van der Waals surface area contributed by atoms with E-state index in [0.29, 0.717) is 24.8 Å². The first-order valence-corrected chi connectivity index (χ1v) is 7.51. The van der Waals surface area contributed by atoms with Gasteiger partial charge in [-0.2, -0.15) is 0 Å². The first kappa shape index (κ1) is 18.2. The van der Waals surface area contributed by atoms with E-state index in [2.05, 4.69) is 6.58 Å². The molecule has 0 aliphatic heterocycles. The molecule has 0 amide bonds. The van der Waals surface area contributed by atoms with Crippen molar-refractivity contribution in [2.45, 2.75) is 46.0 Å². The van der Waals surface area contributed by atoms with Crippen molar-refractivity contribution >= 4 is 17.9 Å². The molecule has 0 bridgehead atoms. The van der Waals surface area contributed by atoms with E-state index in [9.17, 15) is 19.5 Å². The summed E-state index contributed by atoms with van der Waals surface area (Å²) in [4.78, 5) is 34.7. The number of hydrogen-bond donors (Lipinski definition) is 1. The summed E-state index contributed by atoms with van der Waals surface area (Å²) in [5, 5.41) is 9.27. The minimum atomic E-state index is -0.974. The molecule has 1 aliphatic rings. The molecule has 22 heavy (non-hydrogen) atoms. The Kier molecular flexibility index (Phi) is 6.59. The fourth-order valence-electron chi connectivity index (χ4n) is 2.65. The zero-order valence-electron chi connectivity index (χ0n) is 13.2. The van der Waals surface area contributed by atoms with Crippen LogP contribution in [0.15, 0.2) is 12.2 Å². The lowest BCUT2D eigenvalue weighted by molar-refractivity contribution is -0.169. The van der Waals surface area contributed by atoms with Crippen LogP contribution in [0.1, 0.15) is 46.0 Å². The molecule has 0 heterocycles. The predicted molar refractivity (Wildman–Crippen MR) is 79.0 cm³/mol. The highest BCUT2D eigenvalue weighted by Crippen LogP contribution is 2.42. The summed E-state index contributed by atoms with van der Waals surface area (Å²) in [6.07, 6.45) is 3.03. The van der Waals surface area contributed by atoms with Gasteiger partial charge in [0.15, 0.2) is 0 Å². The maximum Gasteiger partial charge on any atom is 0.333 e. The van der Waals surface area contributed by atoms with Crippen LogP contribution in [0.3, 0.4) is 0 Å². The van der Waals surface area contributed by atoms with Gasteiger partial charge in [-0.3, -0.25) is 9.59 Å². The number of carboxylic acids is 1. The van der Waals surface area contributed by atoms with Crippen LogP contribution in [-0.4, -0.2) is 36.2 Å². The molecule has 0 saturated heterocycles. The molecule has 2 unspecified atom stereocenters. The van der Waals surface area contributed by atoms with Crippen molar-refractivity contribution in [2.75, 3.05) is 13.2 Å². The van der Waals surface area contributed by atoms with Crippen LogP contribution in [-0.2, 0) is 23.9 Å². The van der Waals surface area contributed by atoms with Gasteiger partial charge in [-0.15, -0.1) is 0 Å². The van der Waals surface area contributed by atoms with Gasteiger partial charge in [0, 0.05) is 12.0 Å². The second kappa shape index (κ2) is 7.96. The Morgan fingerprint density at radius 2 is 1.86 bits per heavy atom. The summed E-state index contributed by atoms with van der Waals surface area (Å²) < 4.78 is 10.1. The monoisotopic (exact) mass is 312 g/mol. The molecule has 1 rings (SSSR count). The number of carbonyl (C=O) groups excluding carboxylic acids is 2. The van der Waals surface area contributed by atoms with Gasteiger partial charge in [0.05, 0.1) is 24.5 Å². The van der Waals surface area contributed by atoms with Crippen LogP contribution < -0.4 is 0 Å². The lowest BCUT2D eigenvalue weighted by Gasteiger charge is -2.36. The van der Waals surface area contributed by atoms with Crippen molar-refractivity contribution in [2.24, 2.45) is 11.3 Å². The van der Waals surface area contributed by atoms with Crippen LogP contribution in [0.2, 0.25) is 0 Å². The molecule has 1 saturated carbocycles. The molecular formula is C16H24O6. The Hall–Kier alpha value is -1.85. The van der Waals surface area contributed by atoms with E-state index in [1.54, 1.807) is 13.8 Å². The number of carboxylic acid groups (broad SMARTS) is 1. The summed E-state index contributed by atoms with van der Waals surface area (Å²) in [5.74, 6) is -2.60. The molecule has 0 radical (unpaired) electrons. The largest absolute Gasteiger partial charge is 0.481 e. The van der Waals surface area contributed by atoms with Crippen molar-refractivity contribution in [3.8, 4) is 0 Å². The van der Waals surface area contributed by atoms with Gasteiger partial charge in [-0.25, -0.2) is 4.79 Å². The second-order valence-corrected chi connectivity index (χ2v) is 5.96. The van der Waals surface area contributed by atoms with E-state index in [1.165, 1.54) is 0 Å². The summed E-state index contributed by atoms with van der Waals surface area (Å²) in [7, 11) is 0. The molecule has 6 heteroatoms. The standard InChI is InChI=1S/C16H24O6/c1-11(2)14(19)21-9-6-10-22-15(20)16(3)8-5-4-7-12(16)13(17)18/h12H,1,4-10H2,2-3H3,(H,17,18). The van der Waals surface area contributed by atoms with E-state index in [0.717, 1.165) is 12.8 Å². The molecule has 0 aromatic rings. The van der Waals surface area contributed by atoms with Crippen LogP contribution >= 0.6 is 0 Å². The van der Waals surface area contributed by atoms with Gasteiger partial charge in [-0.1, -0.05) is 19.4 Å². The molecule has 1 N–H and O–H groups in total. The van der Waals surface area contributed by atoms with Crippen molar-refractivity contribution in [3.05, 3.63) is 12.2 Å². The van der Waals surface area contributed by atoms with Crippen LogP contribution in [0.4, 0.5) is 0 Å². The highest BCUT2D eigenvalue weighted by molar-refractivity contribution is 5.87. The number of aliphatic carboxylic acids is 1. The Morgan fingerprint density at radius 1 is 1.23 bits per heavy atom. The van der Waals surface area contributed by atoms with E-state index in [1.807, 2.05) is 0 Å². The summed E-state index contributed by atoms with van der Waals surface area (Å²) in [6.45, 7) is 6.92. The Bertz CT molecular complexity index is 456. The topological polar surface area (TPSA) is 89.9 Å². The Balaban J connectivity index is 2.42. The number of esters is 2. The third kappa shape index (κ3) is 4.58. The van der Waals surface area contributed by atoms with Gasteiger partial charge >= 0.3 is 17.9 Å². The minimum absolute atomic E-state index is 0.101. The number of ether oxygens (including phenoxy) is 2. The zero-order chi connectivity index (χ0) is 16.8. The fourth-order valence-corrected chi connectivity index (χ4v) is 2.65. The first-order valence-electron chi connectivity index (χ1n) is 7.51. The van der Waals surface area contributed by atoms with E-state index >= 15 is 0 Å². The Morgan fingerprint density at radius 3 is 2.45 bits per heavy atom. The fraction of sp³-hybridized carbons (Fsp3) is 0.688. The van der Waals surface area contributed by atoms with Crippen LogP contribution in [0.25, 0.3) is 0 Å². The first-order chi connectivity index (χ1) is 10.3. The molecule has 0 aromatic carbocycles. The van der Waals surface area contributed by atoms with Gasteiger partial charge < -0.3 is 14.6 Å². The Labute approximate surface area is 130 Å². The van der Waals surface area contributed by atoms with E-state index < -0.39 is 29.2 Å². The highest BCUT2D eigenvalue weighted by atomic mass is 16.5. The zero-order valence-corrected chi connectivity index (χ0v) is 13.2. The van der Waals surface area contributed by atoms with E-state index in [4.69, 9.17) is 9.47 Å². The highest BCUT2D eigenvalue weighted by Gasteiger charge is 2.47. The molecule has 6 nitrogen and oxygen atoms in total. The molecule has 0 aromatic heterocycles. The summed E-state index contributed by atoms with van der Waals surface area (Å²) >= 11 is 0. The van der Waals surface area contributed by atoms with Gasteiger partial charge in [-0.05, 0) is 26.7 Å². The molecule has 0 spiro atoms. The summed E-state index contributed by atoms with van der Waals surface area (Å²) in [5.41, 5.74) is -0.658. The quantitative estimate of drug-likeness (QED) is 0.441. The molecule has 124 valence electrons. The van der Waals surface area contributed by atoms with E-state index in [-0.39, 0.29) is 13.2 Å². The van der Waals surface area contributed by atoms with Crippen molar-refractivity contribution in [3.63, 3.8) is 0 Å². The lowest BCUT2D eigenvalue weighted by atomic mass is 9.67. The van der Waals surface area contributed by atoms with Gasteiger partial charge in [0.1, 0.15) is 0 Å². The molecular weight excluding hydrogens is 288 g/mol. The number of hydrogen-bond acceptors (Lipinski definition) is 5. The maximum atomic E-state index is 12.2. The van der Waals surface area contributed by atoms with Crippen LogP contribution in [0, 0.1) is 11.3 Å². The third-order valence-electron chi connectivity index (χ3n) is 4.08. The predicted octanol–water partition coefficient (Wildman–Crippen LogP) is 2.32. The smallest absolute Gasteiger partial charge is 0.333 e. The molecule has 2 atom stereocenters. The van der Waals surface area contributed by atoms with Gasteiger partial charge in [0.25, 0.3) is 0 Å². The lowest BCUT2D eigenvalue weighted by Crippen LogP contribution is -2.43. The van der Waals surface area contributed by atoms with Gasteiger partial charge in [0.2, 0.25) is 0 Å². The number of carbonyl (C=O) groups is 3. The van der Waals surface area contributed by atoms with Crippen molar-refractivity contribution in [1.82, 2.24) is 0 Å². The van der Waals surface area contributed by atoms with Crippen molar-refractivity contribution in [1.29, 1.82) is 0 Å². The summed E-state index contributed by atoms with van der Waals surface area (Å²) in [6, 6.07) is 0.